The molecule has 0 amide bonds. The molecule has 3 heteroatoms. The van der Waals surface area contributed by atoms with Crippen molar-refractivity contribution in [2.24, 2.45) is 5.92 Å². The molecule has 1 rings (SSSR count). The minimum atomic E-state index is -0.665. The summed E-state index contributed by atoms with van der Waals surface area (Å²) in [7, 11) is 1.67. The summed E-state index contributed by atoms with van der Waals surface area (Å²) in [6.45, 7) is 8.82. The van der Waals surface area contributed by atoms with E-state index in [-0.39, 0.29) is 6.04 Å². The van der Waals surface area contributed by atoms with Crippen LogP contribution in [0.2, 0.25) is 0 Å². The number of hydrogen-bond acceptors (Lipinski definition) is 3. The van der Waals surface area contributed by atoms with E-state index in [1.165, 1.54) is 5.56 Å². The van der Waals surface area contributed by atoms with Crippen LogP contribution in [0.1, 0.15) is 45.7 Å². The Hall–Kier alpha value is -1.06. The Labute approximate surface area is 117 Å². The highest BCUT2D eigenvalue weighted by atomic mass is 16.5. The maximum absolute atomic E-state index is 10.3. The minimum Gasteiger partial charge on any atom is -0.497 e. The molecular formula is C16H27NO2. The van der Waals surface area contributed by atoms with Crippen molar-refractivity contribution < 1.29 is 9.84 Å². The van der Waals surface area contributed by atoms with Crippen molar-refractivity contribution in [2.75, 3.05) is 13.7 Å². The lowest BCUT2D eigenvalue weighted by molar-refractivity contribution is 0.0363. The van der Waals surface area contributed by atoms with Gasteiger partial charge >= 0.3 is 0 Å². The van der Waals surface area contributed by atoms with Crippen molar-refractivity contribution >= 4 is 0 Å². The summed E-state index contributed by atoms with van der Waals surface area (Å²) in [6, 6.07) is 8.20. The molecule has 0 fully saturated rings. The molecular weight excluding hydrogens is 238 g/mol. The number of benzene rings is 1. The van der Waals surface area contributed by atoms with Gasteiger partial charge in [0, 0.05) is 12.6 Å². The number of rotatable bonds is 7. The van der Waals surface area contributed by atoms with Gasteiger partial charge in [-0.15, -0.1) is 0 Å². The van der Waals surface area contributed by atoms with Crippen LogP contribution in [0.15, 0.2) is 24.3 Å². The zero-order chi connectivity index (χ0) is 14.5. The average molecular weight is 265 g/mol. The van der Waals surface area contributed by atoms with E-state index in [1.807, 2.05) is 25.1 Å². The maximum atomic E-state index is 10.3. The SMILES string of the molecule is COc1cccc(C(C)NCC(C)(O)CC(C)C)c1. The molecule has 3 nitrogen and oxygen atoms in total. The predicted octanol–water partition coefficient (Wildman–Crippen LogP) is 3.14. The van der Waals surface area contributed by atoms with Crippen molar-refractivity contribution in [2.45, 2.75) is 45.8 Å². The number of ether oxygens (including phenoxy) is 1. The Morgan fingerprint density at radius 1 is 1.32 bits per heavy atom. The topological polar surface area (TPSA) is 41.5 Å². The van der Waals surface area contributed by atoms with Crippen molar-refractivity contribution in [1.29, 1.82) is 0 Å². The van der Waals surface area contributed by atoms with E-state index in [4.69, 9.17) is 4.74 Å². The van der Waals surface area contributed by atoms with Gasteiger partial charge in [-0.05, 0) is 43.9 Å². The first-order valence-corrected chi connectivity index (χ1v) is 6.94. The van der Waals surface area contributed by atoms with Crippen LogP contribution in [0.4, 0.5) is 0 Å². The van der Waals surface area contributed by atoms with Gasteiger partial charge in [-0.1, -0.05) is 26.0 Å². The quantitative estimate of drug-likeness (QED) is 0.796. The van der Waals surface area contributed by atoms with Gasteiger partial charge in [-0.3, -0.25) is 0 Å². The third kappa shape index (κ3) is 5.62. The summed E-state index contributed by atoms with van der Waals surface area (Å²) in [5.74, 6) is 1.35. The van der Waals surface area contributed by atoms with Gasteiger partial charge < -0.3 is 15.2 Å². The summed E-state index contributed by atoms with van der Waals surface area (Å²) >= 11 is 0. The molecule has 2 N–H and O–H groups in total. The molecule has 108 valence electrons. The standard InChI is InChI=1S/C16H27NO2/c1-12(2)10-16(4,18)11-17-13(3)14-7-6-8-15(9-14)19-5/h6-9,12-13,17-18H,10-11H2,1-5H3. The first-order valence-electron chi connectivity index (χ1n) is 6.94. The van der Waals surface area contributed by atoms with Gasteiger partial charge in [0.25, 0.3) is 0 Å². The second-order valence-corrected chi connectivity index (χ2v) is 5.97. The van der Waals surface area contributed by atoms with Gasteiger partial charge in [0.05, 0.1) is 12.7 Å². The Morgan fingerprint density at radius 2 is 2.00 bits per heavy atom. The molecule has 2 atom stereocenters. The van der Waals surface area contributed by atoms with Crippen LogP contribution in [-0.2, 0) is 0 Å². The molecule has 0 spiro atoms. The van der Waals surface area contributed by atoms with Crippen molar-refractivity contribution in [3.05, 3.63) is 29.8 Å². The zero-order valence-corrected chi connectivity index (χ0v) is 12.7. The summed E-state index contributed by atoms with van der Waals surface area (Å²) in [6.07, 6.45) is 0.796. The molecule has 1 aromatic carbocycles. The molecule has 0 radical (unpaired) electrons. The first-order chi connectivity index (χ1) is 8.84. The number of aliphatic hydroxyl groups is 1. The molecule has 2 unspecified atom stereocenters. The highest BCUT2D eigenvalue weighted by Gasteiger charge is 2.22. The fourth-order valence-electron chi connectivity index (χ4n) is 2.35. The van der Waals surface area contributed by atoms with E-state index in [0.29, 0.717) is 12.5 Å². The van der Waals surface area contributed by atoms with Gasteiger partial charge in [-0.25, -0.2) is 0 Å². The zero-order valence-electron chi connectivity index (χ0n) is 12.7. The fraction of sp³-hybridized carbons (Fsp3) is 0.625. The summed E-state index contributed by atoms with van der Waals surface area (Å²) in [5, 5.41) is 13.7. The van der Waals surface area contributed by atoms with Gasteiger partial charge in [0.15, 0.2) is 0 Å². The Balaban J connectivity index is 2.57. The molecule has 0 bridgehead atoms. The summed E-state index contributed by atoms with van der Waals surface area (Å²) < 4.78 is 5.23. The van der Waals surface area contributed by atoms with Crippen molar-refractivity contribution in [3.63, 3.8) is 0 Å². The smallest absolute Gasteiger partial charge is 0.119 e. The molecule has 0 heterocycles. The van der Waals surface area contributed by atoms with E-state index >= 15 is 0 Å². The normalized spacial score (nSPS) is 16.2. The van der Waals surface area contributed by atoms with E-state index in [1.54, 1.807) is 7.11 Å². The first kappa shape index (κ1) is 16.0. The molecule has 0 saturated carbocycles. The molecule has 19 heavy (non-hydrogen) atoms. The lowest BCUT2D eigenvalue weighted by atomic mass is 9.94. The largest absolute Gasteiger partial charge is 0.497 e. The fourth-order valence-corrected chi connectivity index (χ4v) is 2.35. The lowest BCUT2D eigenvalue weighted by Gasteiger charge is -2.27. The molecule has 0 aliphatic heterocycles. The van der Waals surface area contributed by atoms with E-state index < -0.39 is 5.60 Å². The predicted molar refractivity (Wildman–Crippen MR) is 79.5 cm³/mol. The van der Waals surface area contributed by atoms with Gasteiger partial charge in [-0.2, -0.15) is 0 Å². The van der Waals surface area contributed by atoms with Crippen LogP contribution in [0.3, 0.4) is 0 Å². The number of methoxy groups -OCH3 is 1. The van der Waals surface area contributed by atoms with Crippen LogP contribution in [0, 0.1) is 5.92 Å². The van der Waals surface area contributed by atoms with Crippen LogP contribution in [0.25, 0.3) is 0 Å². The second-order valence-electron chi connectivity index (χ2n) is 5.97. The Kier molecular flexibility index (Phi) is 5.83. The molecule has 0 aromatic heterocycles. The molecule has 0 aliphatic carbocycles. The van der Waals surface area contributed by atoms with Crippen molar-refractivity contribution in [1.82, 2.24) is 5.32 Å². The van der Waals surface area contributed by atoms with Gasteiger partial charge in [0.2, 0.25) is 0 Å². The third-order valence-corrected chi connectivity index (χ3v) is 3.23. The molecule has 0 aliphatic rings. The van der Waals surface area contributed by atoms with E-state index in [0.717, 1.165) is 12.2 Å². The summed E-state index contributed by atoms with van der Waals surface area (Å²) in [5.41, 5.74) is 0.501. The summed E-state index contributed by atoms with van der Waals surface area (Å²) in [4.78, 5) is 0. The molecule has 0 saturated heterocycles. The molecule has 1 aromatic rings. The van der Waals surface area contributed by atoms with Crippen LogP contribution < -0.4 is 10.1 Å². The van der Waals surface area contributed by atoms with E-state index in [2.05, 4.69) is 32.2 Å². The Morgan fingerprint density at radius 3 is 2.58 bits per heavy atom. The maximum Gasteiger partial charge on any atom is 0.119 e. The van der Waals surface area contributed by atoms with Gasteiger partial charge in [0.1, 0.15) is 5.75 Å². The third-order valence-electron chi connectivity index (χ3n) is 3.23. The number of nitrogens with one attached hydrogen (secondary N) is 1. The Bertz CT molecular complexity index is 388. The highest BCUT2D eigenvalue weighted by molar-refractivity contribution is 5.30. The minimum absolute atomic E-state index is 0.189. The van der Waals surface area contributed by atoms with Crippen molar-refractivity contribution in [3.8, 4) is 5.75 Å². The van der Waals surface area contributed by atoms with Crippen LogP contribution >= 0.6 is 0 Å². The average Bonchev–Trinajstić information content (AvgIpc) is 2.34. The second kappa shape index (κ2) is 6.92. The lowest BCUT2D eigenvalue weighted by Crippen LogP contribution is -2.39. The monoisotopic (exact) mass is 265 g/mol. The van der Waals surface area contributed by atoms with Crippen LogP contribution in [-0.4, -0.2) is 24.4 Å². The number of hydrogen-bond donors (Lipinski definition) is 2. The highest BCUT2D eigenvalue weighted by Crippen LogP contribution is 2.20. The van der Waals surface area contributed by atoms with E-state index in [9.17, 15) is 5.11 Å². The van der Waals surface area contributed by atoms with Crippen LogP contribution in [0.5, 0.6) is 5.75 Å².